The van der Waals surface area contributed by atoms with E-state index in [2.05, 4.69) is 5.32 Å². The predicted molar refractivity (Wildman–Crippen MR) is 78.4 cm³/mol. The highest BCUT2D eigenvalue weighted by molar-refractivity contribution is 5.85. The molecule has 0 saturated carbocycles. The van der Waals surface area contributed by atoms with Crippen LogP contribution in [0.15, 0.2) is 42.5 Å². The monoisotopic (exact) mass is 273 g/mol. The molecular weight excluding hydrogens is 254 g/mol. The van der Waals surface area contributed by atoms with Gasteiger partial charge in [-0.15, -0.1) is 0 Å². The van der Waals surface area contributed by atoms with Crippen molar-refractivity contribution >= 4 is 16.7 Å². The zero-order valence-electron chi connectivity index (χ0n) is 11.5. The van der Waals surface area contributed by atoms with E-state index in [1.54, 1.807) is 0 Å². The fourth-order valence-electron chi connectivity index (χ4n) is 1.94. The minimum absolute atomic E-state index is 0.0376. The lowest BCUT2D eigenvalue weighted by molar-refractivity contribution is -0.121. The zero-order chi connectivity index (χ0) is 14.6. The van der Waals surface area contributed by atoms with Crippen molar-refractivity contribution in [3.8, 4) is 0 Å². The van der Waals surface area contributed by atoms with E-state index >= 15 is 0 Å². The fraction of sp³-hybridized carbons (Fsp3) is 0.312. The third-order valence-electron chi connectivity index (χ3n) is 3.19. The lowest BCUT2D eigenvalue weighted by Gasteiger charge is -2.20. The Morgan fingerprint density at radius 1 is 1.20 bits per heavy atom. The van der Waals surface area contributed by atoms with Gasteiger partial charge in [0, 0.05) is 6.54 Å². The smallest absolute Gasteiger partial charge is 0.224 e. The molecular formula is C16H19NO3. The van der Waals surface area contributed by atoms with Crippen LogP contribution in [0.5, 0.6) is 0 Å². The molecule has 0 aliphatic heterocycles. The molecule has 2 rings (SSSR count). The maximum Gasteiger partial charge on any atom is 0.224 e. The molecule has 0 heterocycles. The van der Waals surface area contributed by atoms with E-state index in [-0.39, 0.29) is 25.5 Å². The van der Waals surface area contributed by atoms with Crippen LogP contribution >= 0.6 is 0 Å². The molecule has 1 atom stereocenters. The molecule has 2 aromatic carbocycles. The van der Waals surface area contributed by atoms with Gasteiger partial charge in [0.15, 0.2) is 0 Å². The van der Waals surface area contributed by atoms with Crippen LogP contribution in [0.25, 0.3) is 10.8 Å². The number of nitrogens with one attached hydrogen (secondary N) is 1. The Balaban J connectivity index is 1.99. The number of carbonyl (C=O) groups excluding carboxylic acids is 1. The van der Waals surface area contributed by atoms with E-state index in [9.17, 15) is 9.90 Å². The van der Waals surface area contributed by atoms with Gasteiger partial charge in [-0.1, -0.05) is 42.5 Å². The molecule has 0 aromatic heterocycles. The van der Waals surface area contributed by atoms with Gasteiger partial charge in [-0.2, -0.15) is 0 Å². The summed E-state index contributed by atoms with van der Waals surface area (Å²) in [6, 6.07) is 13.9. The number of benzene rings is 2. The molecule has 0 saturated heterocycles. The number of carbonyl (C=O) groups is 1. The molecule has 106 valence electrons. The standard InChI is InChI=1S/C16H19NO3/c1-16(20,11-18)10-17-15(19)9-12-6-7-13-4-2-3-5-14(13)8-12/h2-8,18,20H,9-11H2,1H3,(H,17,19). The first-order valence-corrected chi connectivity index (χ1v) is 6.58. The van der Waals surface area contributed by atoms with Gasteiger partial charge in [0.2, 0.25) is 5.91 Å². The van der Waals surface area contributed by atoms with Crippen LogP contribution in [0, 0.1) is 0 Å². The summed E-state index contributed by atoms with van der Waals surface area (Å²) in [5, 5.41) is 23.4. The topological polar surface area (TPSA) is 69.6 Å². The summed E-state index contributed by atoms with van der Waals surface area (Å²) >= 11 is 0. The number of aliphatic hydroxyl groups excluding tert-OH is 1. The molecule has 4 nitrogen and oxygen atoms in total. The molecule has 1 unspecified atom stereocenters. The molecule has 20 heavy (non-hydrogen) atoms. The summed E-state index contributed by atoms with van der Waals surface area (Å²) in [6.45, 7) is 1.13. The van der Waals surface area contributed by atoms with Crippen molar-refractivity contribution in [2.24, 2.45) is 0 Å². The number of aliphatic hydroxyl groups is 2. The molecule has 3 N–H and O–H groups in total. The summed E-state index contributed by atoms with van der Waals surface area (Å²) in [4.78, 5) is 11.8. The predicted octanol–water partition coefficient (Wildman–Crippen LogP) is 1.24. The minimum Gasteiger partial charge on any atom is -0.393 e. The molecule has 0 fully saturated rings. The minimum atomic E-state index is -1.28. The third-order valence-corrected chi connectivity index (χ3v) is 3.19. The van der Waals surface area contributed by atoms with E-state index in [0.717, 1.165) is 16.3 Å². The quantitative estimate of drug-likeness (QED) is 0.767. The largest absolute Gasteiger partial charge is 0.393 e. The Bertz CT molecular complexity index is 607. The van der Waals surface area contributed by atoms with Gasteiger partial charge >= 0.3 is 0 Å². The number of hydrogen-bond acceptors (Lipinski definition) is 3. The van der Waals surface area contributed by atoms with Gasteiger partial charge in [0.05, 0.1) is 13.0 Å². The highest BCUT2D eigenvalue weighted by Gasteiger charge is 2.19. The van der Waals surface area contributed by atoms with Crippen molar-refractivity contribution in [1.29, 1.82) is 0 Å². The average molecular weight is 273 g/mol. The highest BCUT2D eigenvalue weighted by atomic mass is 16.3. The maximum absolute atomic E-state index is 11.8. The molecule has 0 aliphatic carbocycles. The zero-order valence-corrected chi connectivity index (χ0v) is 11.5. The first-order chi connectivity index (χ1) is 9.50. The molecule has 0 radical (unpaired) electrons. The Labute approximate surface area is 118 Å². The molecule has 0 aliphatic rings. The fourth-order valence-corrected chi connectivity index (χ4v) is 1.94. The van der Waals surface area contributed by atoms with Crippen LogP contribution in [0.4, 0.5) is 0 Å². The normalized spacial score (nSPS) is 13.9. The van der Waals surface area contributed by atoms with Gasteiger partial charge in [-0.3, -0.25) is 4.79 Å². The van der Waals surface area contributed by atoms with Gasteiger partial charge in [-0.05, 0) is 23.3 Å². The Morgan fingerprint density at radius 2 is 1.90 bits per heavy atom. The summed E-state index contributed by atoms with van der Waals surface area (Å²) in [7, 11) is 0. The Kier molecular flexibility index (Phi) is 4.37. The summed E-state index contributed by atoms with van der Waals surface area (Å²) in [6.07, 6.45) is 0.256. The number of rotatable bonds is 5. The second kappa shape index (κ2) is 6.03. The van der Waals surface area contributed by atoms with E-state index < -0.39 is 5.60 Å². The molecule has 0 spiro atoms. The second-order valence-corrected chi connectivity index (χ2v) is 5.29. The summed E-state index contributed by atoms with van der Waals surface area (Å²) in [5.41, 5.74) is -0.358. The van der Waals surface area contributed by atoms with Crippen LogP contribution < -0.4 is 5.32 Å². The van der Waals surface area contributed by atoms with Crippen LogP contribution in [0.1, 0.15) is 12.5 Å². The molecule has 1 amide bonds. The van der Waals surface area contributed by atoms with Crippen molar-refractivity contribution < 1.29 is 15.0 Å². The summed E-state index contributed by atoms with van der Waals surface area (Å²) < 4.78 is 0. The lowest BCUT2D eigenvalue weighted by Crippen LogP contribution is -2.43. The van der Waals surface area contributed by atoms with E-state index in [1.165, 1.54) is 6.92 Å². The van der Waals surface area contributed by atoms with Gasteiger partial charge < -0.3 is 15.5 Å². The number of amides is 1. The van der Waals surface area contributed by atoms with Gasteiger partial charge in [-0.25, -0.2) is 0 Å². The van der Waals surface area contributed by atoms with Crippen molar-refractivity contribution in [2.75, 3.05) is 13.2 Å². The first kappa shape index (κ1) is 14.5. The first-order valence-electron chi connectivity index (χ1n) is 6.58. The SMILES string of the molecule is CC(O)(CO)CNC(=O)Cc1ccc2ccccc2c1. The van der Waals surface area contributed by atoms with Crippen molar-refractivity contribution in [3.63, 3.8) is 0 Å². The van der Waals surface area contributed by atoms with E-state index in [0.29, 0.717) is 0 Å². The van der Waals surface area contributed by atoms with Crippen LogP contribution in [0.2, 0.25) is 0 Å². The maximum atomic E-state index is 11.8. The summed E-state index contributed by atoms with van der Waals surface area (Å²) in [5.74, 6) is -0.172. The van der Waals surface area contributed by atoms with Gasteiger partial charge in [0.1, 0.15) is 5.60 Å². The van der Waals surface area contributed by atoms with E-state index in [1.807, 2.05) is 42.5 Å². The van der Waals surface area contributed by atoms with Crippen LogP contribution in [-0.2, 0) is 11.2 Å². The number of hydrogen-bond donors (Lipinski definition) is 3. The molecule has 2 aromatic rings. The average Bonchev–Trinajstić information content (AvgIpc) is 2.45. The Hall–Kier alpha value is -1.91. The van der Waals surface area contributed by atoms with Crippen molar-refractivity contribution in [2.45, 2.75) is 18.9 Å². The molecule has 0 bridgehead atoms. The second-order valence-electron chi connectivity index (χ2n) is 5.29. The Morgan fingerprint density at radius 3 is 2.60 bits per heavy atom. The lowest BCUT2D eigenvalue weighted by atomic mass is 10.0. The highest BCUT2D eigenvalue weighted by Crippen LogP contribution is 2.15. The van der Waals surface area contributed by atoms with Gasteiger partial charge in [0.25, 0.3) is 0 Å². The third kappa shape index (κ3) is 3.79. The van der Waals surface area contributed by atoms with Crippen molar-refractivity contribution in [1.82, 2.24) is 5.32 Å². The number of fused-ring (bicyclic) bond motifs is 1. The van der Waals surface area contributed by atoms with E-state index in [4.69, 9.17) is 5.11 Å². The molecule has 4 heteroatoms. The van der Waals surface area contributed by atoms with Crippen LogP contribution in [-0.4, -0.2) is 34.9 Å². The van der Waals surface area contributed by atoms with Crippen LogP contribution in [0.3, 0.4) is 0 Å². The van der Waals surface area contributed by atoms with Crippen molar-refractivity contribution in [3.05, 3.63) is 48.0 Å².